The van der Waals surface area contributed by atoms with Crippen LogP contribution in [0.5, 0.6) is 0 Å². The molecule has 0 unspecified atom stereocenters. The molecular weight excluding hydrogens is 330 g/mol. The highest BCUT2D eigenvalue weighted by atomic mass is 16.6. The van der Waals surface area contributed by atoms with Gasteiger partial charge in [-0.05, 0) is 17.7 Å². The molecule has 6 heteroatoms. The van der Waals surface area contributed by atoms with Gasteiger partial charge < -0.3 is 15.0 Å². The van der Waals surface area contributed by atoms with Crippen LogP contribution in [0.2, 0.25) is 0 Å². The van der Waals surface area contributed by atoms with Gasteiger partial charge in [-0.15, -0.1) is 0 Å². The number of para-hydroxylation sites is 1. The Hall–Kier alpha value is -2.86. The zero-order valence-corrected chi connectivity index (χ0v) is 14.6. The maximum atomic E-state index is 12.1. The van der Waals surface area contributed by atoms with Crippen LogP contribution in [0, 0.1) is 0 Å². The molecule has 6 nitrogen and oxygen atoms in total. The summed E-state index contributed by atoms with van der Waals surface area (Å²) in [7, 11) is 0. The van der Waals surface area contributed by atoms with E-state index in [0.29, 0.717) is 32.7 Å². The maximum absolute atomic E-state index is 12.1. The van der Waals surface area contributed by atoms with Crippen LogP contribution in [-0.4, -0.2) is 54.5 Å². The van der Waals surface area contributed by atoms with Gasteiger partial charge in [0.25, 0.3) is 0 Å². The van der Waals surface area contributed by atoms with Crippen molar-refractivity contribution < 1.29 is 14.3 Å². The fraction of sp³-hybridized carbons (Fsp3) is 0.300. The number of piperazine rings is 1. The topological polar surface area (TPSA) is 61.9 Å². The van der Waals surface area contributed by atoms with Crippen molar-refractivity contribution in [3.8, 4) is 0 Å². The summed E-state index contributed by atoms with van der Waals surface area (Å²) in [4.78, 5) is 28.0. The lowest BCUT2D eigenvalue weighted by Crippen LogP contribution is -2.50. The molecule has 0 aromatic heterocycles. The molecule has 0 atom stereocenters. The summed E-state index contributed by atoms with van der Waals surface area (Å²) in [6.07, 6.45) is -0.303. The molecule has 136 valence electrons. The van der Waals surface area contributed by atoms with Gasteiger partial charge >= 0.3 is 6.09 Å². The number of hydrogen-bond donors (Lipinski definition) is 1. The molecule has 1 saturated heterocycles. The second-order valence-electron chi connectivity index (χ2n) is 6.22. The number of carbonyl (C=O) groups excluding carboxylic acids is 2. The molecule has 0 bridgehead atoms. The third-order valence-electron chi connectivity index (χ3n) is 4.26. The Kier molecular flexibility index (Phi) is 6.22. The van der Waals surface area contributed by atoms with E-state index < -0.39 is 0 Å². The number of nitrogens with zero attached hydrogens (tertiary/aromatic N) is 2. The molecule has 2 amide bonds. The molecule has 0 spiro atoms. The molecule has 0 saturated carbocycles. The summed E-state index contributed by atoms with van der Waals surface area (Å²) >= 11 is 0. The fourth-order valence-electron chi connectivity index (χ4n) is 2.82. The Morgan fingerprint density at radius 3 is 2.15 bits per heavy atom. The molecule has 1 N–H and O–H groups in total. The van der Waals surface area contributed by atoms with Crippen molar-refractivity contribution in [3.05, 3.63) is 66.2 Å². The van der Waals surface area contributed by atoms with Crippen LogP contribution in [0.1, 0.15) is 5.56 Å². The Balaban J connectivity index is 1.38. The summed E-state index contributed by atoms with van der Waals surface area (Å²) in [5.41, 5.74) is 1.76. The van der Waals surface area contributed by atoms with Crippen molar-refractivity contribution in [2.75, 3.05) is 38.0 Å². The number of rotatable bonds is 5. The van der Waals surface area contributed by atoms with Crippen molar-refractivity contribution in [3.63, 3.8) is 0 Å². The van der Waals surface area contributed by atoms with Gasteiger partial charge in [0.2, 0.25) is 5.91 Å². The van der Waals surface area contributed by atoms with Gasteiger partial charge in [-0.1, -0.05) is 48.5 Å². The maximum Gasteiger partial charge on any atom is 0.410 e. The molecule has 2 aromatic rings. The van der Waals surface area contributed by atoms with Crippen LogP contribution in [0.15, 0.2) is 60.7 Å². The van der Waals surface area contributed by atoms with E-state index in [1.165, 1.54) is 0 Å². The van der Waals surface area contributed by atoms with Crippen LogP contribution >= 0.6 is 0 Å². The first-order valence-electron chi connectivity index (χ1n) is 8.73. The van der Waals surface area contributed by atoms with Gasteiger partial charge in [-0.2, -0.15) is 0 Å². The first-order valence-corrected chi connectivity index (χ1v) is 8.73. The third kappa shape index (κ3) is 5.32. The quantitative estimate of drug-likeness (QED) is 0.897. The largest absolute Gasteiger partial charge is 0.445 e. The normalized spacial score (nSPS) is 14.7. The zero-order valence-electron chi connectivity index (χ0n) is 14.6. The third-order valence-corrected chi connectivity index (χ3v) is 4.26. The number of benzene rings is 2. The minimum Gasteiger partial charge on any atom is -0.445 e. The first kappa shape index (κ1) is 17.9. The van der Waals surface area contributed by atoms with Crippen LogP contribution in [0.4, 0.5) is 10.5 Å². The van der Waals surface area contributed by atoms with Gasteiger partial charge in [-0.25, -0.2) is 4.79 Å². The fourth-order valence-corrected chi connectivity index (χ4v) is 2.82. The summed E-state index contributed by atoms with van der Waals surface area (Å²) in [5.74, 6) is -0.0451. The van der Waals surface area contributed by atoms with E-state index in [1.54, 1.807) is 4.90 Å². The van der Waals surface area contributed by atoms with E-state index in [1.807, 2.05) is 65.6 Å². The summed E-state index contributed by atoms with van der Waals surface area (Å²) in [6, 6.07) is 19.0. The van der Waals surface area contributed by atoms with Gasteiger partial charge in [0.1, 0.15) is 6.61 Å². The SMILES string of the molecule is O=C(CN1CCN(C(=O)OCc2ccccc2)CC1)Nc1ccccc1. The molecule has 2 aromatic carbocycles. The van der Waals surface area contributed by atoms with E-state index in [4.69, 9.17) is 4.74 Å². The Labute approximate surface area is 153 Å². The highest BCUT2D eigenvalue weighted by Gasteiger charge is 2.23. The van der Waals surface area contributed by atoms with E-state index in [0.717, 1.165) is 11.3 Å². The van der Waals surface area contributed by atoms with E-state index >= 15 is 0 Å². The predicted molar refractivity (Wildman–Crippen MR) is 99.7 cm³/mol. The van der Waals surface area contributed by atoms with Crippen molar-refractivity contribution in [1.29, 1.82) is 0 Å². The lowest BCUT2D eigenvalue weighted by atomic mass is 10.2. The van der Waals surface area contributed by atoms with Gasteiger partial charge in [-0.3, -0.25) is 9.69 Å². The van der Waals surface area contributed by atoms with Crippen molar-refractivity contribution in [2.45, 2.75) is 6.61 Å². The molecule has 3 rings (SSSR count). The second-order valence-corrected chi connectivity index (χ2v) is 6.22. The Bertz CT molecular complexity index is 714. The number of carbonyl (C=O) groups is 2. The van der Waals surface area contributed by atoms with Crippen LogP contribution in [0.3, 0.4) is 0 Å². The zero-order chi connectivity index (χ0) is 18.2. The monoisotopic (exact) mass is 353 g/mol. The van der Waals surface area contributed by atoms with Crippen molar-refractivity contribution in [2.24, 2.45) is 0 Å². The number of hydrogen-bond acceptors (Lipinski definition) is 4. The molecule has 1 aliphatic heterocycles. The summed E-state index contributed by atoms with van der Waals surface area (Å²) in [5, 5.41) is 2.88. The lowest BCUT2D eigenvalue weighted by molar-refractivity contribution is -0.117. The molecular formula is C20H23N3O3. The van der Waals surface area contributed by atoms with Gasteiger partial charge in [0.15, 0.2) is 0 Å². The Morgan fingerprint density at radius 1 is 0.885 bits per heavy atom. The highest BCUT2D eigenvalue weighted by Crippen LogP contribution is 2.08. The van der Waals surface area contributed by atoms with Crippen molar-refractivity contribution >= 4 is 17.7 Å². The minimum absolute atomic E-state index is 0.0451. The smallest absolute Gasteiger partial charge is 0.410 e. The second kappa shape index (κ2) is 9.01. The average molecular weight is 353 g/mol. The van der Waals surface area contributed by atoms with Crippen molar-refractivity contribution in [1.82, 2.24) is 9.80 Å². The highest BCUT2D eigenvalue weighted by molar-refractivity contribution is 5.92. The summed E-state index contributed by atoms with van der Waals surface area (Å²) < 4.78 is 5.35. The molecule has 0 radical (unpaired) electrons. The lowest BCUT2D eigenvalue weighted by Gasteiger charge is -2.33. The van der Waals surface area contributed by atoms with Crippen LogP contribution in [-0.2, 0) is 16.1 Å². The predicted octanol–water partition coefficient (Wildman–Crippen LogP) is 2.58. The number of amides is 2. The first-order chi connectivity index (χ1) is 12.7. The van der Waals surface area contributed by atoms with Crippen LogP contribution in [0.25, 0.3) is 0 Å². The molecule has 26 heavy (non-hydrogen) atoms. The molecule has 0 aliphatic carbocycles. The number of anilines is 1. The Morgan fingerprint density at radius 2 is 1.50 bits per heavy atom. The van der Waals surface area contributed by atoms with E-state index in [9.17, 15) is 9.59 Å². The van der Waals surface area contributed by atoms with E-state index in [2.05, 4.69) is 5.32 Å². The standard InChI is InChI=1S/C20H23N3O3/c24-19(21-18-9-5-2-6-10-18)15-22-11-13-23(14-12-22)20(25)26-16-17-7-3-1-4-8-17/h1-10H,11-16H2,(H,21,24). The number of ether oxygens (including phenoxy) is 1. The molecule has 1 heterocycles. The van der Waals surface area contributed by atoms with Crippen LogP contribution < -0.4 is 5.32 Å². The molecule has 1 fully saturated rings. The average Bonchev–Trinajstić information content (AvgIpc) is 2.68. The van der Waals surface area contributed by atoms with E-state index in [-0.39, 0.29) is 18.6 Å². The summed E-state index contributed by atoms with van der Waals surface area (Å²) in [6.45, 7) is 3.03. The minimum atomic E-state index is -0.303. The molecule has 1 aliphatic rings. The van der Waals surface area contributed by atoms with Gasteiger partial charge in [0.05, 0.1) is 6.54 Å². The number of nitrogens with one attached hydrogen (secondary N) is 1. The van der Waals surface area contributed by atoms with Gasteiger partial charge in [0, 0.05) is 31.9 Å².